The van der Waals surface area contributed by atoms with Crippen LogP contribution in [0.2, 0.25) is 0 Å². The van der Waals surface area contributed by atoms with E-state index in [0.29, 0.717) is 16.3 Å². The van der Waals surface area contributed by atoms with Crippen LogP contribution in [0.5, 0.6) is 0 Å². The van der Waals surface area contributed by atoms with E-state index >= 15 is 0 Å². The molecule has 2 aromatic rings. The molecule has 7 heteroatoms. The van der Waals surface area contributed by atoms with Gasteiger partial charge in [0.15, 0.2) is 16.3 Å². The van der Waals surface area contributed by atoms with Gasteiger partial charge in [-0.25, -0.2) is 9.78 Å². The number of hydrogen-bond acceptors (Lipinski definition) is 4. The summed E-state index contributed by atoms with van der Waals surface area (Å²) in [4.78, 5) is 32.1. The van der Waals surface area contributed by atoms with Crippen LogP contribution >= 0.6 is 11.8 Å². The first-order valence-electron chi connectivity index (χ1n) is 3.86. The fraction of sp³-hybridized carbons (Fsp3) is 0.286. The quantitative estimate of drug-likeness (QED) is 0.634. The number of hydrogen-bond donors (Lipinski definition) is 2. The highest BCUT2D eigenvalue weighted by Gasteiger charge is 2.08. The lowest BCUT2D eigenvalue weighted by Crippen LogP contribution is -2.32. The van der Waals surface area contributed by atoms with Crippen molar-refractivity contribution in [2.75, 3.05) is 6.26 Å². The smallest absolute Gasteiger partial charge is 0.327 e. The SMILES string of the molecule is CSc1nc2[nH]c(=O)n(C)c(=O)c2[nH]1. The van der Waals surface area contributed by atoms with Crippen molar-refractivity contribution in [2.45, 2.75) is 5.16 Å². The molecule has 0 aliphatic heterocycles. The van der Waals surface area contributed by atoms with Crippen molar-refractivity contribution in [3.05, 3.63) is 20.8 Å². The molecule has 2 rings (SSSR count). The Morgan fingerprint density at radius 3 is 2.71 bits per heavy atom. The predicted octanol–water partition coefficient (Wildman–Crippen LogP) is -0.328. The van der Waals surface area contributed by atoms with Crippen molar-refractivity contribution >= 4 is 22.9 Å². The Bertz CT molecular complexity index is 594. The predicted molar refractivity (Wildman–Crippen MR) is 53.7 cm³/mol. The maximum absolute atomic E-state index is 11.5. The summed E-state index contributed by atoms with van der Waals surface area (Å²) in [5.41, 5.74) is -0.183. The normalized spacial score (nSPS) is 11.0. The topological polar surface area (TPSA) is 83.5 Å². The van der Waals surface area contributed by atoms with E-state index in [2.05, 4.69) is 15.0 Å². The zero-order chi connectivity index (χ0) is 10.3. The molecule has 6 nitrogen and oxygen atoms in total. The van der Waals surface area contributed by atoms with Crippen LogP contribution in [0.1, 0.15) is 0 Å². The van der Waals surface area contributed by atoms with E-state index < -0.39 is 5.69 Å². The molecule has 0 aromatic carbocycles. The number of fused-ring (bicyclic) bond motifs is 1. The second kappa shape index (κ2) is 3.02. The Balaban J connectivity index is 2.95. The molecule has 2 N–H and O–H groups in total. The lowest BCUT2D eigenvalue weighted by molar-refractivity contribution is 0.790. The highest BCUT2D eigenvalue weighted by Crippen LogP contribution is 2.11. The van der Waals surface area contributed by atoms with Gasteiger partial charge in [0.05, 0.1) is 0 Å². The largest absolute Gasteiger partial charge is 0.329 e. The second-order valence-corrected chi connectivity index (χ2v) is 3.56. The van der Waals surface area contributed by atoms with Crippen molar-refractivity contribution in [1.29, 1.82) is 0 Å². The Morgan fingerprint density at radius 1 is 1.36 bits per heavy atom. The number of aromatic amines is 2. The van der Waals surface area contributed by atoms with Crippen LogP contribution in [0.3, 0.4) is 0 Å². The molecule has 0 unspecified atom stereocenters. The van der Waals surface area contributed by atoms with Crippen LogP contribution in [0.4, 0.5) is 0 Å². The van der Waals surface area contributed by atoms with E-state index in [9.17, 15) is 9.59 Å². The number of nitrogens with one attached hydrogen (secondary N) is 2. The van der Waals surface area contributed by atoms with Gasteiger partial charge in [-0.3, -0.25) is 14.3 Å². The highest BCUT2D eigenvalue weighted by molar-refractivity contribution is 7.98. The van der Waals surface area contributed by atoms with E-state index in [4.69, 9.17) is 0 Å². The minimum absolute atomic E-state index is 0.308. The number of aromatic nitrogens is 4. The first-order chi connectivity index (χ1) is 6.63. The van der Waals surface area contributed by atoms with Gasteiger partial charge in [0, 0.05) is 7.05 Å². The summed E-state index contributed by atoms with van der Waals surface area (Å²) in [5.74, 6) is 0. The molecular formula is C7H8N4O2S. The fourth-order valence-corrected chi connectivity index (χ4v) is 1.53. The van der Waals surface area contributed by atoms with Crippen LogP contribution in [-0.2, 0) is 7.05 Å². The van der Waals surface area contributed by atoms with Gasteiger partial charge in [-0.1, -0.05) is 11.8 Å². The monoisotopic (exact) mass is 212 g/mol. The third-order valence-electron chi connectivity index (χ3n) is 1.92. The van der Waals surface area contributed by atoms with Crippen molar-refractivity contribution in [3.8, 4) is 0 Å². The molecule has 0 saturated carbocycles. The standard InChI is InChI=1S/C7H8N4O2S/c1-11-5(12)3-4(10-7(11)13)9-6(8-3)14-2/h1-2H3,(H,8,9)(H,10,13). The van der Waals surface area contributed by atoms with Gasteiger partial charge in [-0.15, -0.1) is 0 Å². The number of thioether (sulfide) groups is 1. The Morgan fingerprint density at radius 2 is 2.07 bits per heavy atom. The van der Waals surface area contributed by atoms with Gasteiger partial charge in [-0.05, 0) is 6.26 Å². The van der Waals surface area contributed by atoms with Crippen LogP contribution in [0.25, 0.3) is 11.2 Å². The fourth-order valence-electron chi connectivity index (χ4n) is 1.14. The van der Waals surface area contributed by atoms with Gasteiger partial charge in [0.1, 0.15) is 0 Å². The van der Waals surface area contributed by atoms with Crippen LogP contribution in [-0.4, -0.2) is 25.8 Å². The Hall–Kier alpha value is -1.50. The lowest BCUT2D eigenvalue weighted by Gasteiger charge is -1.92. The zero-order valence-corrected chi connectivity index (χ0v) is 8.44. The first-order valence-corrected chi connectivity index (χ1v) is 5.09. The molecule has 0 bridgehead atoms. The van der Waals surface area contributed by atoms with Crippen LogP contribution in [0, 0.1) is 0 Å². The average Bonchev–Trinajstić information content (AvgIpc) is 2.57. The van der Waals surface area contributed by atoms with Crippen molar-refractivity contribution < 1.29 is 0 Å². The summed E-state index contributed by atoms with van der Waals surface area (Å²) in [7, 11) is 1.42. The summed E-state index contributed by atoms with van der Waals surface area (Å²) in [6, 6.07) is 0. The molecule has 0 fully saturated rings. The molecule has 0 spiro atoms. The van der Waals surface area contributed by atoms with Crippen molar-refractivity contribution in [2.24, 2.45) is 7.05 Å². The third kappa shape index (κ3) is 1.17. The van der Waals surface area contributed by atoms with Crippen molar-refractivity contribution in [3.63, 3.8) is 0 Å². The third-order valence-corrected chi connectivity index (χ3v) is 2.50. The zero-order valence-electron chi connectivity index (χ0n) is 7.62. The van der Waals surface area contributed by atoms with Gasteiger partial charge in [0.2, 0.25) is 0 Å². The van der Waals surface area contributed by atoms with E-state index in [1.54, 1.807) is 0 Å². The number of nitrogens with zero attached hydrogens (tertiary/aromatic N) is 2. The summed E-state index contributed by atoms with van der Waals surface area (Å²) in [6.07, 6.45) is 1.83. The summed E-state index contributed by atoms with van der Waals surface area (Å²) in [6.45, 7) is 0. The molecule has 74 valence electrons. The maximum atomic E-state index is 11.5. The molecule has 2 heterocycles. The van der Waals surface area contributed by atoms with Crippen LogP contribution < -0.4 is 11.2 Å². The minimum atomic E-state index is -0.457. The second-order valence-electron chi connectivity index (χ2n) is 2.76. The molecule has 0 aliphatic carbocycles. The number of imidazole rings is 1. The van der Waals surface area contributed by atoms with Crippen LogP contribution in [0.15, 0.2) is 14.7 Å². The summed E-state index contributed by atoms with van der Waals surface area (Å²) >= 11 is 1.38. The molecule has 0 aliphatic rings. The first kappa shape index (κ1) is 9.07. The molecule has 0 radical (unpaired) electrons. The van der Waals surface area contributed by atoms with Gasteiger partial charge in [-0.2, -0.15) is 0 Å². The minimum Gasteiger partial charge on any atom is -0.327 e. The summed E-state index contributed by atoms with van der Waals surface area (Å²) < 4.78 is 1.00. The molecular weight excluding hydrogens is 204 g/mol. The Kier molecular flexibility index (Phi) is 1.95. The lowest BCUT2D eigenvalue weighted by atomic mass is 10.5. The van der Waals surface area contributed by atoms with E-state index in [1.807, 2.05) is 6.26 Å². The molecule has 2 aromatic heterocycles. The number of H-pyrrole nitrogens is 2. The molecule has 0 saturated heterocycles. The molecule has 14 heavy (non-hydrogen) atoms. The molecule has 0 amide bonds. The van der Waals surface area contributed by atoms with E-state index in [-0.39, 0.29) is 5.56 Å². The highest BCUT2D eigenvalue weighted by atomic mass is 32.2. The van der Waals surface area contributed by atoms with Gasteiger partial charge in [0.25, 0.3) is 5.56 Å². The van der Waals surface area contributed by atoms with Gasteiger partial charge < -0.3 is 4.98 Å². The van der Waals surface area contributed by atoms with Crippen molar-refractivity contribution in [1.82, 2.24) is 19.5 Å². The van der Waals surface area contributed by atoms with Gasteiger partial charge >= 0.3 is 5.69 Å². The average molecular weight is 212 g/mol. The van der Waals surface area contributed by atoms with E-state index in [0.717, 1.165) is 4.57 Å². The maximum Gasteiger partial charge on any atom is 0.329 e. The van der Waals surface area contributed by atoms with E-state index in [1.165, 1.54) is 18.8 Å². The summed E-state index contributed by atoms with van der Waals surface area (Å²) in [5, 5.41) is 0.610. The molecule has 0 atom stereocenters. The number of rotatable bonds is 1. The Labute approximate surface area is 82.4 Å².